The van der Waals surface area contributed by atoms with Crippen LogP contribution in [0.5, 0.6) is 0 Å². The number of aliphatic hydroxyl groups excluding tert-OH is 1. The highest BCUT2D eigenvalue weighted by atomic mass is 16.4. The lowest BCUT2D eigenvalue weighted by atomic mass is 10.2. The van der Waals surface area contributed by atoms with Crippen LogP contribution in [0.15, 0.2) is 12.4 Å². The van der Waals surface area contributed by atoms with Gasteiger partial charge in [0, 0.05) is 31.3 Å². The van der Waals surface area contributed by atoms with Crippen molar-refractivity contribution in [2.45, 2.75) is 25.1 Å². The van der Waals surface area contributed by atoms with Crippen molar-refractivity contribution >= 4 is 12.0 Å². The number of aliphatic hydroxyl groups is 1. The highest BCUT2D eigenvalue weighted by molar-refractivity contribution is 5.83. The van der Waals surface area contributed by atoms with Gasteiger partial charge in [0.05, 0.1) is 12.3 Å². The van der Waals surface area contributed by atoms with Crippen molar-refractivity contribution in [2.24, 2.45) is 0 Å². The third-order valence-corrected chi connectivity index (χ3v) is 2.82. The van der Waals surface area contributed by atoms with Crippen LogP contribution in [0, 0.1) is 0 Å². The molecule has 2 rings (SSSR count). The number of nitrogens with zero attached hydrogens (tertiary/aromatic N) is 2. The van der Waals surface area contributed by atoms with Gasteiger partial charge in [-0.1, -0.05) is 0 Å². The molecule has 0 bridgehead atoms. The second-order valence-electron chi connectivity index (χ2n) is 4.16. The van der Waals surface area contributed by atoms with Gasteiger partial charge in [-0.2, -0.15) is 5.10 Å². The fraction of sp³-hybridized carbons (Fsp3) is 0.500. The van der Waals surface area contributed by atoms with Crippen LogP contribution in [0.2, 0.25) is 0 Å². The molecule has 0 aliphatic carbocycles. The Bertz CT molecular complexity index is 433. The van der Waals surface area contributed by atoms with Crippen molar-refractivity contribution in [3.05, 3.63) is 18.0 Å². The minimum Gasteiger partial charge on any atom is -0.480 e. The van der Waals surface area contributed by atoms with Crippen molar-refractivity contribution in [2.75, 3.05) is 6.54 Å². The first kappa shape index (κ1) is 12.4. The van der Waals surface area contributed by atoms with E-state index in [0.29, 0.717) is 0 Å². The minimum absolute atomic E-state index is 0.0359. The largest absolute Gasteiger partial charge is 0.480 e. The number of β-amino-alcohol motifs (C(OH)–C–C–N with tert-alkyl or cyclic N) is 1. The Balaban J connectivity index is 1.93. The summed E-state index contributed by atoms with van der Waals surface area (Å²) in [7, 11) is 0. The van der Waals surface area contributed by atoms with Gasteiger partial charge >= 0.3 is 12.0 Å². The van der Waals surface area contributed by atoms with Crippen molar-refractivity contribution in [3.8, 4) is 0 Å². The molecule has 0 unspecified atom stereocenters. The van der Waals surface area contributed by atoms with Gasteiger partial charge in [-0.25, -0.2) is 9.59 Å². The van der Waals surface area contributed by atoms with E-state index in [-0.39, 0.29) is 19.5 Å². The molecule has 0 aromatic carbocycles. The lowest BCUT2D eigenvalue weighted by Crippen LogP contribution is -2.45. The number of carboxylic acids is 1. The molecule has 8 heteroatoms. The van der Waals surface area contributed by atoms with E-state index in [1.165, 1.54) is 0 Å². The monoisotopic (exact) mass is 254 g/mol. The van der Waals surface area contributed by atoms with E-state index in [0.717, 1.165) is 10.5 Å². The molecular weight excluding hydrogens is 240 g/mol. The Morgan fingerprint density at radius 2 is 2.39 bits per heavy atom. The molecule has 8 nitrogen and oxygen atoms in total. The first-order valence-corrected chi connectivity index (χ1v) is 5.51. The summed E-state index contributed by atoms with van der Waals surface area (Å²) in [6.07, 6.45) is 2.47. The lowest BCUT2D eigenvalue weighted by molar-refractivity contribution is -0.141. The summed E-state index contributed by atoms with van der Waals surface area (Å²) in [5.41, 5.74) is 0.787. The number of hydrogen-bond donors (Lipinski definition) is 4. The van der Waals surface area contributed by atoms with Gasteiger partial charge in [-0.3, -0.25) is 5.10 Å². The predicted octanol–water partition coefficient (Wildman–Crippen LogP) is -0.861. The average Bonchev–Trinajstić information content (AvgIpc) is 2.94. The maximum absolute atomic E-state index is 11.8. The number of urea groups is 1. The molecule has 2 atom stereocenters. The number of carbonyl (C=O) groups is 2. The Morgan fingerprint density at radius 3 is 3.00 bits per heavy atom. The van der Waals surface area contributed by atoms with Crippen LogP contribution in [0.4, 0.5) is 4.79 Å². The van der Waals surface area contributed by atoms with Crippen molar-refractivity contribution in [1.82, 2.24) is 20.4 Å². The van der Waals surface area contributed by atoms with Crippen LogP contribution in [-0.4, -0.2) is 56.0 Å². The fourth-order valence-corrected chi connectivity index (χ4v) is 1.93. The first-order chi connectivity index (χ1) is 8.58. The summed E-state index contributed by atoms with van der Waals surface area (Å²) < 4.78 is 0. The first-order valence-electron chi connectivity index (χ1n) is 5.51. The molecule has 0 radical (unpaired) electrons. The van der Waals surface area contributed by atoms with Gasteiger partial charge in [-0.15, -0.1) is 0 Å². The van der Waals surface area contributed by atoms with E-state index in [1.54, 1.807) is 12.4 Å². The molecule has 0 saturated carbocycles. The third-order valence-electron chi connectivity index (χ3n) is 2.82. The highest BCUT2D eigenvalue weighted by Crippen LogP contribution is 2.18. The summed E-state index contributed by atoms with van der Waals surface area (Å²) >= 11 is 0. The minimum atomic E-state index is -1.11. The molecule has 1 fully saturated rings. The Labute approximate surface area is 103 Å². The van der Waals surface area contributed by atoms with Gasteiger partial charge in [-0.05, 0) is 0 Å². The van der Waals surface area contributed by atoms with Crippen LogP contribution in [0.1, 0.15) is 12.0 Å². The lowest BCUT2D eigenvalue weighted by Gasteiger charge is -2.21. The van der Waals surface area contributed by atoms with Gasteiger partial charge in [0.1, 0.15) is 6.04 Å². The topological polar surface area (TPSA) is 119 Å². The standard InChI is InChI=1S/C10H14N4O4/c15-7-1-8(9(16)17)14(5-7)10(18)11-2-6-3-12-13-4-6/h3-4,7-8,15H,1-2,5H2,(H,11,18)(H,12,13)(H,16,17)/t7-,8-/m0/s1. The molecule has 1 saturated heterocycles. The Hall–Kier alpha value is -2.09. The second-order valence-corrected chi connectivity index (χ2v) is 4.16. The predicted molar refractivity (Wildman–Crippen MR) is 59.6 cm³/mol. The molecular formula is C10H14N4O4. The van der Waals surface area contributed by atoms with E-state index >= 15 is 0 Å². The second kappa shape index (κ2) is 5.05. The van der Waals surface area contributed by atoms with Crippen LogP contribution in [-0.2, 0) is 11.3 Å². The maximum Gasteiger partial charge on any atom is 0.326 e. The summed E-state index contributed by atoms with van der Waals surface area (Å²) in [6.45, 7) is 0.294. The highest BCUT2D eigenvalue weighted by Gasteiger charge is 2.38. The van der Waals surface area contributed by atoms with Crippen LogP contribution >= 0.6 is 0 Å². The van der Waals surface area contributed by atoms with E-state index < -0.39 is 24.1 Å². The summed E-state index contributed by atoms with van der Waals surface area (Å²) in [4.78, 5) is 23.9. The Morgan fingerprint density at radius 1 is 1.61 bits per heavy atom. The Kier molecular flexibility index (Phi) is 3.47. The number of aromatic nitrogens is 2. The molecule has 2 heterocycles. The molecule has 98 valence electrons. The number of amides is 2. The van der Waals surface area contributed by atoms with E-state index in [4.69, 9.17) is 5.11 Å². The third kappa shape index (κ3) is 2.59. The zero-order chi connectivity index (χ0) is 13.1. The van der Waals surface area contributed by atoms with Gasteiger partial charge in [0.25, 0.3) is 0 Å². The average molecular weight is 254 g/mol. The normalized spacial score (nSPS) is 23.1. The van der Waals surface area contributed by atoms with Crippen LogP contribution < -0.4 is 5.32 Å². The summed E-state index contributed by atoms with van der Waals surface area (Å²) in [5, 5.41) is 27.3. The zero-order valence-corrected chi connectivity index (χ0v) is 9.54. The number of rotatable bonds is 3. The molecule has 1 aliphatic heterocycles. The van der Waals surface area contributed by atoms with Crippen molar-refractivity contribution in [3.63, 3.8) is 0 Å². The summed E-state index contributed by atoms with van der Waals surface area (Å²) in [5.74, 6) is -1.11. The molecule has 0 spiro atoms. The van der Waals surface area contributed by atoms with Crippen molar-refractivity contribution in [1.29, 1.82) is 0 Å². The molecule has 2 amide bonds. The quantitative estimate of drug-likeness (QED) is 0.559. The van der Waals surface area contributed by atoms with E-state index in [2.05, 4.69) is 15.5 Å². The van der Waals surface area contributed by atoms with E-state index in [1.807, 2.05) is 0 Å². The van der Waals surface area contributed by atoms with Gasteiger partial charge in [0.2, 0.25) is 0 Å². The molecule has 4 N–H and O–H groups in total. The SMILES string of the molecule is O=C(O)[C@@H]1C[C@H](O)CN1C(=O)NCc1cn[nH]c1. The van der Waals surface area contributed by atoms with Gasteiger partial charge in [0.15, 0.2) is 0 Å². The summed E-state index contributed by atoms with van der Waals surface area (Å²) in [6, 6.07) is -1.47. The number of aliphatic carboxylic acids is 1. The number of hydrogen-bond acceptors (Lipinski definition) is 4. The van der Waals surface area contributed by atoms with Crippen LogP contribution in [0.25, 0.3) is 0 Å². The number of H-pyrrole nitrogens is 1. The molecule has 1 aliphatic rings. The zero-order valence-electron chi connectivity index (χ0n) is 9.54. The number of likely N-dealkylation sites (tertiary alicyclic amines) is 1. The number of carboxylic acid groups (broad SMARTS) is 1. The number of nitrogens with one attached hydrogen (secondary N) is 2. The molecule has 1 aromatic heterocycles. The number of carbonyl (C=O) groups excluding carboxylic acids is 1. The smallest absolute Gasteiger partial charge is 0.326 e. The molecule has 18 heavy (non-hydrogen) atoms. The van der Waals surface area contributed by atoms with Crippen LogP contribution in [0.3, 0.4) is 0 Å². The van der Waals surface area contributed by atoms with E-state index in [9.17, 15) is 14.7 Å². The fourth-order valence-electron chi connectivity index (χ4n) is 1.93. The maximum atomic E-state index is 11.8. The number of aromatic amines is 1. The van der Waals surface area contributed by atoms with Gasteiger partial charge < -0.3 is 20.4 Å². The van der Waals surface area contributed by atoms with Crippen molar-refractivity contribution < 1.29 is 19.8 Å². The molecule has 1 aromatic rings.